The molecule has 1 aromatic heterocycles. The summed E-state index contributed by atoms with van der Waals surface area (Å²) in [6.45, 7) is 6.27. The van der Waals surface area contributed by atoms with Gasteiger partial charge in [0, 0.05) is 6.20 Å². The first kappa shape index (κ1) is 14.6. The molecule has 1 aromatic rings. The normalized spacial score (nSPS) is 12.8. The van der Waals surface area contributed by atoms with E-state index in [-0.39, 0.29) is 10.4 Å². The fraction of sp³-hybridized carbons (Fsp3) is 0.462. The van der Waals surface area contributed by atoms with E-state index < -0.39 is 11.9 Å². The fourth-order valence-electron chi connectivity index (χ4n) is 1.30. The summed E-state index contributed by atoms with van der Waals surface area (Å²) in [5.74, 6) is -1.22. The zero-order chi connectivity index (χ0) is 13.8. The largest absolute Gasteiger partial charge is 0.464 e. The molecular formula is C13H18N2O2S. The van der Waals surface area contributed by atoms with Crippen LogP contribution in [0.4, 0.5) is 0 Å². The van der Waals surface area contributed by atoms with Crippen molar-refractivity contribution in [2.24, 2.45) is 11.1 Å². The predicted octanol–water partition coefficient (Wildman–Crippen LogP) is 2.04. The lowest BCUT2D eigenvalue weighted by molar-refractivity contribution is -0.146. The fourth-order valence-corrected chi connectivity index (χ4v) is 1.52. The van der Waals surface area contributed by atoms with Crippen molar-refractivity contribution in [3.8, 4) is 0 Å². The third kappa shape index (κ3) is 4.41. The summed E-state index contributed by atoms with van der Waals surface area (Å²) < 4.78 is 5.24. The molecule has 0 aliphatic heterocycles. The van der Waals surface area contributed by atoms with Gasteiger partial charge < -0.3 is 10.5 Å². The molecule has 0 radical (unpaired) electrons. The maximum Gasteiger partial charge on any atom is 0.322 e. The number of carbonyl (C=O) groups is 1. The van der Waals surface area contributed by atoms with Gasteiger partial charge in [0.15, 0.2) is 0 Å². The van der Waals surface area contributed by atoms with E-state index in [1.54, 1.807) is 24.4 Å². The number of thiocarbonyl (C=S) groups is 1. The first-order valence-corrected chi connectivity index (χ1v) is 6.09. The monoisotopic (exact) mass is 266 g/mol. The second-order valence-corrected chi connectivity index (χ2v) is 5.73. The molecule has 0 aromatic carbocycles. The van der Waals surface area contributed by atoms with E-state index in [1.807, 2.05) is 20.8 Å². The van der Waals surface area contributed by atoms with Gasteiger partial charge in [0.25, 0.3) is 0 Å². The molecule has 0 saturated carbocycles. The molecule has 0 bridgehead atoms. The predicted molar refractivity (Wildman–Crippen MR) is 74.2 cm³/mol. The van der Waals surface area contributed by atoms with Crippen LogP contribution in [0.3, 0.4) is 0 Å². The second kappa shape index (κ2) is 5.91. The van der Waals surface area contributed by atoms with Crippen LogP contribution in [0.1, 0.15) is 32.4 Å². The van der Waals surface area contributed by atoms with Crippen LogP contribution in [0.25, 0.3) is 0 Å². The Balaban J connectivity index is 2.81. The second-order valence-electron chi connectivity index (χ2n) is 5.26. The molecule has 1 heterocycles. The molecule has 0 aliphatic rings. The lowest BCUT2D eigenvalue weighted by atomic mass is 9.98. The summed E-state index contributed by atoms with van der Waals surface area (Å²) in [4.78, 5) is 16.2. The Morgan fingerprint density at radius 3 is 2.61 bits per heavy atom. The molecule has 4 nitrogen and oxygen atoms in total. The Kier molecular flexibility index (Phi) is 4.78. The van der Waals surface area contributed by atoms with Crippen molar-refractivity contribution in [2.75, 3.05) is 6.61 Å². The van der Waals surface area contributed by atoms with Gasteiger partial charge in [0.1, 0.15) is 5.92 Å². The summed E-state index contributed by atoms with van der Waals surface area (Å²) in [6.07, 6.45) is 1.59. The molecule has 1 rings (SSSR count). The molecule has 1 unspecified atom stereocenters. The van der Waals surface area contributed by atoms with Gasteiger partial charge in [-0.25, -0.2) is 0 Å². The number of carbonyl (C=O) groups excluding carboxylic acids is 1. The van der Waals surface area contributed by atoms with E-state index in [4.69, 9.17) is 22.7 Å². The van der Waals surface area contributed by atoms with Crippen LogP contribution in [0.15, 0.2) is 24.4 Å². The highest BCUT2D eigenvalue weighted by Gasteiger charge is 2.27. The number of rotatable bonds is 4. The number of nitrogens with two attached hydrogens (primary N) is 1. The molecule has 0 aliphatic carbocycles. The highest BCUT2D eigenvalue weighted by molar-refractivity contribution is 7.80. The third-order valence-corrected chi connectivity index (χ3v) is 2.39. The van der Waals surface area contributed by atoms with E-state index in [9.17, 15) is 4.79 Å². The Labute approximate surface area is 113 Å². The van der Waals surface area contributed by atoms with Gasteiger partial charge in [-0.1, -0.05) is 39.1 Å². The maximum atomic E-state index is 12.0. The van der Waals surface area contributed by atoms with Crippen LogP contribution in [0.2, 0.25) is 0 Å². The zero-order valence-corrected chi connectivity index (χ0v) is 11.7. The van der Waals surface area contributed by atoms with Crippen molar-refractivity contribution in [2.45, 2.75) is 26.7 Å². The molecule has 0 fully saturated rings. The van der Waals surface area contributed by atoms with Gasteiger partial charge in [-0.3, -0.25) is 9.78 Å². The van der Waals surface area contributed by atoms with Crippen LogP contribution >= 0.6 is 12.2 Å². The molecule has 1 atom stereocenters. The Hall–Kier alpha value is -1.49. The SMILES string of the molecule is CC(C)(C)COC(=O)C(C(N)=S)c1ccccn1. The summed E-state index contributed by atoms with van der Waals surface area (Å²) in [5, 5.41) is 0. The summed E-state index contributed by atoms with van der Waals surface area (Å²) in [6, 6.07) is 5.26. The van der Waals surface area contributed by atoms with Crippen molar-refractivity contribution in [1.82, 2.24) is 4.98 Å². The average Bonchev–Trinajstić information content (AvgIpc) is 2.26. The number of aromatic nitrogens is 1. The van der Waals surface area contributed by atoms with Crippen LogP contribution < -0.4 is 5.73 Å². The first-order valence-electron chi connectivity index (χ1n) is 5.68. The zero-order valence-electron chi connectivity index (χ0n) is 10.8. The lowest BCUT2D eigenvalue weighted by Crippen LogP contribution is -2.31. The van der Waals surface area contributed by atoms with Crippen molar-refractivity contribution < 1.29 is 9.53 Å². The Morgan fingerprint density at radius 2 is 2.17 bits per heavy atom. The summed E-state index contributed by atoms with van der Waals surface area (Å²) in [5.41, 5.74) is 6.02. The molecule has 98 valence electrons. The molecule has 2 N–H and O–H groups in total. The molecule has 0 spiro atoms. The van der Waals surface area contributed by atoms with Crippen molar-refractivity contribution in [3.63, 3.8) is 0 Å². The number of pyridine rings is 1. The van der Waals surface area contributed by atoms with E-state index in [0.29, 0.717) is 12.3 Å². The number of ether oxygens (including phenoxy) is 1. The quantitative estimate of drug-likeness (QED) is 0.667. The topological polar surface area (TPSA) is 65.2 Å². The number of esters is 1. The Bertz CT molecular complexity index is 426. The standard InChI is InChI=1S/C13H18N2O2S/c1-13(2,3)8-17-12(16)10(11(14)18)9-6-4-5-7-15-9/h4-7,10H,8H2,1-3H3,(H2,14,18). The van der Waals surface area contributed by atoms with E-state index in [1.165, 1.54) is 0 Å². The van der Waals surface area contributed by atoms with Crippen LogP contribution in [0.5, 0.6) is 0 Å². The summed E-state index contributed by atoms with van der Waals surface area (Å²) in [7, 11) is 0. The van der Waals surface area contributed by atoms with Gasteiger partial charge in [-0.05, 0) is 17.5 Å². The smallest absolute Gasteiger partial charge is 0.322 e. The minimum absolute atomic E-state index is 0.0765. The average molecular weight is 266 g/mol. The summed E-state index contributed by atoms with van der Waals surface area (Å²) >= 11 is 4.92. The van der Waals surface area contributed by atoms with Gasteiger partial charge in [-0.15, -0.1) is 0 Å². The van der Waals surface area contributed by atoms with Crippen molar-refractivity contribution in [3.05, 3.63) is 30.1 Å². The van der Waals surface area contributed by atoms with Crippen LogP contribution in [-0.4, -0.2) is 22.5 Å². The molecule has 0 saturated heterocycles. The van der Waals surface area contributed by atoms with Crippen molar-refractivity contribution in [1.29, 1.82) is 0 Å². The van der Waals surface area contributed by atoms with Crippen LogP contribution in [-0.2, 0) is 9.53 Å². The van der Waals surface area contributed by atoms with Crippen molar-refractivity contribution >= 4 is 23.2 Å². The van der Waals surface area contributed by atoms with E-state index >= 15 is 0 Å². The van der Waals surface area contributed by atoms with E-state index in [2.05, 4.69) is 4.98 Å². The number of nitrogens with zero attached hydrogens (tertiary/aromatic N) is 1. The highest BCUT2D eigenvalue weighted by Crippen LogP contribution is 2.19. The molecule has 5 heteroatoms. The molecular weight excluding hydrogens is 248 g/mol. The first-order chi connectivity index (χ1) is 8.31. The minimum Gasteiger partial charge on any atom is -0.464 e. The van der Waals surface area contributed by atoms with Gasteiger partial charge in [-0.2, -0.15) is 0 Å². The molecule has 0 amide bonds. The third-order valence-electron chi connectivity index (χ3n) is 2.15. The molecule has 18 heavy (non-hydrogen) atoms. The van der Waals surface area contributed by atoms with E-state index in [0.717, 1.165) is 0 Å². The number of hydrogen-bond donors (Lipinski definition) is 1. The lowest BCUT2D eigenvalue weighted by Gasteiger charge is -2.20. The maximum absolute atomic E-state index is 12.0. The van der Waals surface area contributed by atoms with Gasteiger partial charge in [0.05, 0.1) is 17.3 Å². The van der Waals surface area contributed by atoms with Crippen LogP contribution in [0, 0.1) is 5.41 Å². The highest BCUT2D eigenvalue weighted by atomic mass is 32.1. The number of hydrogen-bond acceptors (Lipinski definition) is 4. The Morgan fingerprint density at radius 1 is 1.50 bits per heavy atom. The van der Waals surface area contributed by atoms with Gasteiger partial charge in [0.2, 0.25) is 0 Å². The minimum atomic E-state index is -0.774. The van der Waals surface area contributed by atoms with Gasteiger partial charge >= 0.3 is 5.97 Å².